The zero-order valence-electron chi connectivity index (χ0n) is 12.6. The van der Waals surface area contributed by atoms with Crippen molar-refractivity contribution in [3.63, 3.8) is 0 Å². The number of aliphatic imine (C=N–C) groups is 2. The van der Waals surface area contributed by atoms with Gasteiger partial charge < -0.3 is 4.57 Å². The molecule has 0 N–H and O–H groups in total. The first-order chi connectivity index (χ1) is 11.3. The molecule has 23 heavy (non-hydrogen) atoms. The number of aromatic nitrogens is 1. The Bertz CT molecular complexity index is 818. The fraction of sp³-hybridized carbons (Fsp3) is 0.0526. The number of nitrogens with zero attached hydrogens (tertiary/aromatic N) is 3. The minimum absolute atomic E-state index is 0.230. The molecular formula is C19H16ClN3. The van der Waals surface area contributed by atoms with Crippen LogP contribution in [0.5, 0.6) is 0 Å². The van der Waals surface area contributed by atoms with E-state index in [0.717, 1.165) is 17.1 Å². The van der Waals surface area contributed by atoms with Crippen molar-refractivity contribution in [3.05, 3.63) is 72.4 Å². The lowest BCUT2D eigenvalue weighted by molar-refractivity contribution is 1.07. The molecule has 1 aromatic heterocycles. The molecule has 0 aliphatic rings. The third-order valence-corrected chi connectivity index (χ3v) is 3.73. The Kier molecular flexibility index (Phi) is 4.69. The van der Waals surface area contributed by atoms with Gasteiger partial charge >= 0.3 is 0 Å². The summed E-state index contributed by atoms with van der Waals surface area (Å²) < 4.78 is 1.98. The van der Waals surface area contributed by atoms with E-state index >= 15 is 0 Å². The average molecular weight is 322 g/mol. The van der Waals surface area contributed by atoms with Crippen molar-refractivity contribution in [1.82, 2.24) is 4.57 Å². The molecule has 4 heteroatoms. The van der Waals surface area contributed by atoms with Crippen molar-refractivity contribution in [2.45, 2.75) is 0 Å². The van der Waals surface area contributed by atoms with Crippen LogP contribution in [-0.4, -0.2) is 23.5 Å². The van der Waals surface area contributed by atoms with E-state index in [2.05, 4.69) is 53.1 Å². The summed E-state index contributed by atoms with van der Waals surface area (Å²) in [5, 5.41) is 0. The van der Waals surface area contributed by atoms with Crippen LogP contribution in [-0.2, 0) is 0 Å². The summed E-state index contributed by atoms with van der Waals surface area (Å²) in [5.74, 6) is 0.756. The number of rotatable bonds is 5. The van der Waals surface area contributed by atoms with Gasteiger partial charge in [0.25, 0.3) is 0 Å². The van der Waals surface area contributed by atoms with Gasteiger partial charge in [0, 0.05) is 23.7 Å². The third-order valence-electron chi connectivity index (χ3n) is 3.59. The fourth-order valence-corrected chi connectivity index (χ4v) is 2.56. The number of benzene rings is 2. The average Bonchev–Trinajstić information content (AvgIpc) is 3.03. The lowest BCUT2D eigenvalue weighted by Crippen LogP contribution is -1.92. The molecule has 1 heterocycles. The lowest BCUT2D eigenvalue weighted by atomic mass is 10.1. The van der Waals surface area contributed by atoms with Crippen molar-refractivity contribution >= 4 is 30.4 Å². The van der Waals surface area contributed by atoms with Gasteiger partial charge in [0.2, 0.25) is 0 Å². The quantitative estimate of drug-likeness (QED) is 0.356. The maximum atomic E-state index is 5.60. The SMILES string of the molecule is C=Nc1c(/C=N\CCl)ccn1-c1ccc(-c2ccccc2)cc1. The second-order valence-corrected chi connectivity index (χ2v) is 5.21. The molecule has 0 spiro atoms. The molecule has 0 aliphatic heterocycles. The van der Waals surface area contributed by atoms with Crippen molar-refractivity contribution < 1.29 is 0 Å². The van der Waals surface area contributed by atoms with Gasteiger partial charge in [-0.2, -0.15) is 0 Å². The molecule has 0 atom stereocenters. The monoisotopic (exact) mass is 321 g/mol. The van der Waals surface area contributed by atoms with Crippen LogP contribution < -0.4 is 0 Å². The molecule has 0 bridgehead atoms. The molecule has 2 aromatic carbocycles. The second-order valence-electron chi connectivity index (χ2n) is 4.97. The summed E-state index contributed by atoms with van der Waals surface area (Å²) in [7, 11) is 0. The van der Waals surface area contributed by atoms with E-state index in [0.29, 0.717) is 0 Å². The minimum Gasteiger partial charge on any atom is -0.301 e. The maximum absolute atomic E-state index is 5.60. The van der Waals surface area contributed by atoms with Crippen LogP contribution in [0.2, 0.25) is 0 Å². The minimum atomic E-state index is 0.230. The molecule has 0 amide bonds. The predicted molar refractivity (Wildman–Crippen MR) is 98.7 cm³/mol. The van der Waals surface area contributed by atoms with Crippen LogP contribution in [0.4, 0.5) is 5.82 Å². The number of alkyl halides is 1. The Morgan fingerprint density at radius 2 is 1.65 bits per heavy atom. The van der Waals surface area contributed by atoms with Gasteiger partial charge in [-0.25, -0.2) is 4.99 Å². The summed E-state index contributed by atoms with van der Waals surface area (Å²) in [4.78, 5) is 8.17. The van der Waals surface area contributed by atoms with Gasteiger partial charge in [0.15, 0.2) is 0 Å². The predicted octanol–water partition coefficient (Wildman–Crippen LogP) is 5.09. The first-order valence-electron chi connectivity index (χ1n) is 7.23. The fourth-order valence-electron chi connectivity index (χ4n) is 2.49. The molecule has 0 saturated carbocycles. The highest BCUT2D eigenvalue weighted by atomic mass is 35.5. The van der Waals surface area contributed by atoms with Crippen molar-refractivity contribution in [1.29, 1.82) is 0 Å². The Labute approximate surface area is 140 Å². The zero-order chi connectivity index (χ0) is 16.1. The van der Waals surface area contributed by atoms with E-state index < -0.39 is 0 Å². The lowest BCUT2D eigenvalue weighted by Gasteiger charge is -2.08. The Hall–Kier alpha value is -2.65. The number of hydrogen-bond donors (Lipinski definition) is 0. The van der Waals surface area contributed by atoms with Crippen LogP contribution in [0.1, 0.15) is 5.56 Å². The summed E-state index contributed by atoms with van der Waals surface area (Å²) in [5.41, 5.74) is 4.30. The highest BCUT2D eigenvalue weighted by Crippen LogP contribution is 2.26. The standard InChI is InChI=1S/C19H16ClN3/c1-21-19-17(13-22-14-20)11-12-23(19)18-9-7-16(8-10-18)15-5-3-2-4-6-15/h2-13H,1,14H2/b22-13-. The van der Waals surface area contributed by atoms with Gasteiger partial charge in [-0.1, -0.05) is 42.5 Å². The van der Waals surface area contributed by atoms with Crippen molar-refractivity contribution in [2.75, 3.05) is 6.00 Å². The van der Waals surface area contributed by atoms with Crippen LogP contribution >= 0.6 is 11.6 Å². The van der Waals surface area contributed by atoms with E-state index in [1.54, 1.807) is 6.21 Å². The van der Waals surface area contributed by atoms with E-state index in [4.69, 9.17) is 11.6 Å². The smallest absolute Gasteiger partial charge is 0.145 e. The van der Waals surface area contributed by atoms with Crippen LogP contribution in [0, 0.1) is 0 Å². The van der Waals surface area contributed by atoms with E-state index in [1.165, 1.54) is 11.1 Å². The molecule has 0 aliphatic carbocycles. The molecule has 0 radical (unpaired) electrons. The van der Waals surface area contributed by atoms with E-state index in [1.807, 2.05) is 35.0 Å². The summed E-state index contributed by atoms with van der Waals surface area (Å²) in [6.45, 7) is 3.66. The molecule has 114 valence electrons. The molecule has 3 nitrogen and oxygen atoms in total. The van der Waals surface area contributed by atoms with Crippen LogP contribution in [0.3, 0.4) is 0 Å². The van der Waals surface area contributed by atoms with E-state index in [9.17, 15) is 0 Å². The van der Waals surface area contributed by atoms with Gasteiger partial charge in [-0.05, 0) is 36.0 Å². The zero-order valence-corrected chi connectivity index (χ0v) is 13.3. The van der Waals surface area contributed by atoms with E-state index in [-0.39, 0.29) is 6.00 Å². The third kappa shape index (κ3) is 3.25. The molecule has 3 rings (SSSR count). The van der Waals surface area contributed by atoms with Crippen LogP contribution in [0.15, 0.2) is 76.8 Å². The van der Waals surface area contributed by atoms with Crippen LogP contribution in [0.25, 0.3) is 16.8 Å². The second kappa shape index (κ2) is 7.07. The summed E-state index contributed by atoms with van der Waals surface area (Å²) in [6, 6.07) is 20.8. The number of hydrogen-bond acceptors (Lipinski definition) is 2. The largest absolute Gasteiger partial charge is 0.301 e. The number of halogens is 1. The topological polar surface area (TPSA) is 29.6 Å². The van der Waals surface area contributed by atoms with Gasteiger partial charge in [-0.15, -0.1) is 11.6 Å². The maximum Gasteiger partial charge on any atom is 0.145 e. The summed E-state index contributed by atoms with van der Waals surface area (Å²) in [6.07, 6.45) is 3.67. The van der Waals surface area contributed by atoms with Gasteiger partial charge in [-0.3, -0.25) is 4.99 Å². The molecule has 3 aromatic rings. The first-order valence-corrected chi connectivity index (χ1v) is 7.76. The highest BCUT2D eigenvalue weighted by molar-refractivity contribution is 6.18. The molecule has 0 saturated heterocycles. The summed E-state index contributed by atoms with van der Waals surface area (Å²) >= 11 is 5.60. The molecule has 0 unspecified atom stereocenters. The Morgan fingerprint density at radius 3 is 2.30 bits per heavy atom. The Balaban J connectivity index is 1.95. The Morgan fingerprint density at radius 1 is 0.957 bits per heavy atom. The van der Waals surface area contributed by atoms with Crippen molar-refractivity contribution in [3.8, 4) is 16.8 Å². The van der Waals surface area contributed by atoms with Gasteiger partial charge in [0.05, 0.1) is 0 Å². The van der Waals surface area contributed by atoms with Crippen molar-refractivity contribution in [2.24, 2.45) is 9.98 Å². The molecular weight excluding hydrogens is 306 g/mol. The van der Waals surface area contributed by atoms with Gasteiger partial charge in [0.1, 0.15) is 11.8 Å². The highest BCUT2D eigenvalue weighted by Gasteiger charge is 2.08. The molecule has 0 fully saturated rings. The normalized spacial score (nSPS) is 11.0. The first kappa shape index (κ1) is 15.3.